The largest absolute Gasteiger partial charge is 0.507 e. The predicted octanol–water partition coefficient (Wildman–Crippen LogP) is 2.45. The maximum Gasteiger partial charge on any atom is 0.255 e. The lowest BCUT2D eigenvalue weighted by atomic mass is 9.95. The third-order valence-electron chi connectivity index (χ3n) is 12.8. The van der Waals surface area contributed by atoms with Crippen molar-refractivity contribution < 1.29 is 19.5 Å². The van der Waals surface area contributed by atoms with Crippen molar-refractivity contribution in [3.63, 3.8) is 0 Å². The van der Waals surface area contributed by atoms with Gasteiger partial charge in [-0.05, 0) is 93.7 Å². The van der Waals surface area contributed by atoms with Gasteiger partial charge in [-0.3, -0.25) is 29.5 Å². The van der Waals surface area contributed by atoms with Gasteiger partial charge in [0.1, 0.15) is 11.8 Å². The van der Waals surface area contributed by atoms with Gasteiger partial charge in [-0.15, -0.1) is 10.2 Å². The Labute approximate surface area is 322 Å². The topological polar surface area (TPSA) is 141 Å². The number of amides is 3. The van der Waals surface area contributed by atoms with Crippen molar-refractivity contribution in [1.82, 2.24) is 35.1 Å². The first-order valence-corrected chi connectivity index (χ1v) is 20.2. The summed E-state index contributed by atoms with van der Waals surface area (Å²) < 4.78 is 0. The van der Waals surface area contributed by atoms with E-state index in [1.807, 2.05) is 30.3 Å². The highest BCUT2D eigenvalue weighted by Crippen LogP contribution is 2.36. The normalized spacial score (nSPS) is 24.0. The molecular weight excluding hydrogens is 697 g/mol. The third kappa shape index (κ3) is 7.47. The summed E-state index contributed by atoms with van der Waals surface area (Å²) in [6, 6.07) is 15.3. The molecule has 1 aromatic heterocycles. The van der Waals surface area contributed by atoms with Crippen LogP contribution in [-0.4, -0.2) is 150 Å². The molecule has 14 heteroatoms. The van der Waals surface area contributed by atoms with Crippen LogP contribution < -0.4 is 20.4 Å². The number of para-hydroxylation sites is 1. The summed E-state index contributed by atoms with van der Waals surface area (Å²) in [7, 11) is 0. The van der Waals surface area contributed by atoms with Crippen LogP contribution in [0.5, 0.6) is 5.75 Å². The second-order valence-electron chi connectivity index (χ2n) is 16.2. The van der Waals surface area contributed by atoms with Gasteiger partial charge in [0.25, 0.3) is 5.91 Å². The number of carbonyl (C=O) groups excluding carboxylic acids is 3. The van der Waals surface area contributed by atoms with E-state index in [4.69, 9.17) is 0 Å². The van der Waals surface area contributed by atoms with Crippen molar-refractivity contribution in [3.8, 4) is 17.0 Å². The number of phenols is 1. The highest BCUT2D eigenvalue weighted by molar-refractivity contribution is 6.05. The lowest BCUT2D eigenvalue weighted by Crippen LogP contribution is -2.58. The minimum Gasteiger partial charge on any atom is -0.507 e. The van der Waals surface area contributed by atoms with Crippen LogP contribution in [0.25, 0.3) is 11.3 Å². The van der Waals surface area contributed by atoms with Gasteiger partial charge in [0, 0.05) is 88.7 Å². The molecule has 3 aromatic rings. The fraction of sp³-hybridized carbons (Fsp3) is 0.537. The molecule has 0 radical (unpaired) electrons. The lowest BCUT2D eigenvalue weighted by molar-refractivity contribution is -0.136. The zero-order valence-electron chi connectivity index (χ0n) is 31.5. The molecule has 0 bridgehead atoms. The maximum absolute atomic E-state index is 13.3. The fourth-order valence-electron chi connectivity index (χ4n) is 9.59. The number of aromatic hydroxyl groups is 1. The van der Waals surface area contributed by atoms with E-state index in [1.54, 1.807) is 11.0 Å². The number of nitrogens with zero attached hydrogens (tertiary/aromatic N) is 8. The Bertz CT molecular complexity index is 1930. The number of hydrogen-bond donors (Lipinski definition) is 3. The monoisotopic (exact) mass is 748 g/mol. The van der Waals surface area contributed by atoms with Gasteiger partial charge in [-0.1, -0.05) is 18.2 Å². The molecule has 2 atom stereocenters. The van der Waals surface area contributed by atoms with E-state index in [0.29, 0.717) is 35.8 Å². The van der Waals surface area contributed by atoms with Gasteiger partial charge in [-0.25, -0.2) is 0 Å². The van der Waals surface area contributed by atoms with Gasteiger partial charge in [-0.2, -0.15) is 0 Å². The second kappa shape index (κ2) is 15.4. The number of piperazine rings is 2. The summed E-state index contributed by atoms with van der Waals surface area (Å²) in [6.45, 7) is 14.0. The molecule has 4 saturated heterocycles. The first kappa shape index (κ1) is 35.9. The number of benzene rings is 2. The Morgan fingerprint density at radius 3 is 2.36 bits per heavy atom. The number of likely N-dealkylation sites (tertiary alicyclic amines) is 1. The van der Waals surface area contributed by atoms with Gasteiger partial charge in [0.15, 0.2) is 5.82 Å². The van der Waals surface area contributed by atoms with Crippen molar-refractivity contribution >= 4 is 34.9 Å². The van der Waals surface area contributed by atoms with Crippen molar-refractivity contribution in [2.75, 3.05) is 100 Å². The Balaban J connectivity index is 0.685. The van der Waals surface area contributed by atoms with Gasteiger partial charge < -0.3 is 30.0 Å². The molecule has 7 heterocycles. The third-order valence-corrected chi connectivity index (χ3v) is 12.8. The smallest absolute Gasteiger partial charge is 0.255 e. The summed E-state index contributed by atoms with van der Waals surface area (Å²) in [4.78, 5) is 51.7. The molecule has 2 aromatic carbocycles. The SMILES string of the molecule is O=C1CCC(N2Cc3ccc(N4CCN(CCCN5CCC(CN6CCN7c8cc(-c9ccccc9O)nnc8NC[C@H]7C6)CC5)CC4)cc3C2=O)C(=O)N1. The van der Waals surface area contributed by atoms with Crippen molar-refractivity contribution in [1.29, 1.82) is 0 Å². The fourth-order valence-corrected chi connectivity index (χ4v) is 9.59. The second-order valence-corrected chi connectivity index (χ2v) is 16.2. The number of nitrogens with one attached hydrogen (secondary N) is 2. The van der Waals surface area contributed by atoms with Crippen LogP contribution in [0.4, 0.5) is 17.2 Å². The number of anilines is 3. The average molecular weight is 749 g/mol. The molecular formula is C41H52N10O4. The van der Waals surface area contributed by atoms with Crippen LogP contribution in [0.2, 0.25) is 0 Å². The molecule has 4 fully saturated rings. The summed E-state index contributed by atoms with van der Waals surface area (Å²) in [5.41, 5.74) is 5.18. The average Bonchev–Trinajstić information content (AvgIpc) is 3.53. The van der Waals surface area contributed by atoms with Crippen LogP contribution in [0, 0.1) is 5.92 Å². The summed E-state index contributed by atoms with van der Waals surface area (Å²) >= 11 is 0. The van der Waals surface area contributed by atoms with E-state index in [-0.39, 0.29) is 29.9 Å². The number of hydrogen-bond acceptors (Lipinski definition) is 12. The Morgan fingerprint density at radius 2 is 1.56 bits per heavy atom. The number of fused-ring (bicyclic) bond motifs is 4. The van der Waals surface area contributed by atoms with Crippen LogP contribution in [0.1, 0.15) is 48.0 Å². The van der Waals surface area contributed by atoms with Crippen molar-refractivity contribution in [2.45, 2.75) is 50.7 Å². The molecule has 0 aliphatic carbocycles. The molecule has 0 spiro atoms. The maximum atomic E-state index is 13.3. The zero-order chi connectivity index (χ0) is 37.5. The molecule has 290 valence electrons. The molecule has 55 heavy (non-hydrogen) atoms. The molecule has 6 aliphatic heterocycles. The van der Waals surface area contributed by atoms with Crippen molar-refractivity contribution in [2.24, 2.45) is 5.92 Å². The number of carbonyl (C=O) groups is 3. The van der Waals surface area contributed by atoms with E-state index in [2.05, 4.69) is 57.5 Å². The summed E-state index contributed by atoms with van der Waals surface area (Å²) in [5.74, 6) is 1.05. The van der Waals surface area contributed by atoms with E-state index >= 15 is 0 Å². The summed E-state index contributed by atoms with van der Waals surface area (Å²) in [5, 5.41) is 25.2. The number of rotatable bonds is 9. The first-order chi connectivity index (χ1) is 26.9. The number of phenolic OH excluding ortho intramolecular Hbond substituents is 1. The van der Waals surface area contributed by atoms with E-state index < -0.39 is 6.04 Å². The van der Waals surface area contributed by atoms with Gasteiger partial charge in [0.05, 0.1) is 17.4 Å². The molecule has 3 N–H and O–H groups in total. The molecule has 3 amide bonds. The molecule has 1 unspecified atom stereocenters. The Kier molecular flexibility index (Phi) is 10.0. The van der Waals surface area contributed by atoms with E-state index in [0.717, 1.165) is 94.1 Å². The van der Waals surface area contributed by atoms with Crippen molar-refractivity contribution in [3.05, 3.63) is 59.7 Å². The lowest BCUT2D eigenvalue weighted by Gasteiger charge is -2.47. The highest BCUT2D eigenvalue weighted by atomic mass is 16.3. The van der Waals surface area contributed by atoms with Gasteiger partial charge >= 0.3 is 0 Å². The van der Waals surface area contributed by atoms with Crippen LogP contribution in [0.3, 0.4) is 0 Å². The van der Waals surface area contributed by atoms with Crippen LogP contribution >= 0.6 is 0 Å². The zero-order valence-corrected chi connectivity index (χ0v) is 31.5. The number of aromatic nitrogens is 2. The standard InChI is InChI=1S/C41H52N10O4/c52-37-5-2-1-4-32(37)34-23-36-39(45-44-34)42-24-31-27-48(18-21-50(31)36)25-28-10-14-46(15-11-28)12-3-13-47-16-19-49(20-17-47)30-7-6-29-26-51(41(55)33(29)22-30)35-8-9-38(53)43-40(35)54/h1-2,4-7,22-23,28,31,35,52H,3,8-21,24-27H2,(H,42,45)(H,43,53,54)/t31-,35?/m0/s1. The van der Waals surface area contributed by atoms with Gasteiger partial charge in [0.2, 0.25) is 11.8 Å². The molecule has 9 rings (SSSR count). The molecule has 14 nitrogen and oxygen atoms in total. The Morgan fingerprint density at radius 1 is 0.782 bits per heavy atom. The minimum atomic E-state index is -0.581. The van der Waals surface area contributed by atoms with E-state index in [9.17, 15) is 19.5 Å². The number of piperidine rings is 2. The molecule has 0 saturated carbocycles. The van der Waals surface area contributed by atoms with Crippen LogP contribution in [-0.2, 0) is 16.1 Å². The highest BCUT2D eigenvalue weighted by Gasteiger charge is 2.39. The van der Waals surface area contributed by atoms with Crippen LogP contribution in [0.15, 0.2) is 48.5 Å². The van der Waals surface area contributed by atoms with E-state index in [1.165, 1.54) is 38.9 Å². The minimum absolute atomic E-state index is 0.113. The summed E-state index contributed by atoms with van der Waals surface area (Å²) in [6.07, 6.45) is 4.36. The number of imide groups is 1. The first-order valence-electron chi connectivity index (χ1n) is 20.2. The predicted molar refractivity (Wildman–Crippen MR) is 210 cm³/mol. The quantitative estimate of drug-likeness (QED) is 0.277. The Hall–Kier alpha value is -4.79. The molecule has 6 aliphatic rings.